The molecule has 0 aliphatic heterocycles. The van der Waals surface area contributed by atoms with Crippen LogP contribution in [0, 0.1) is 13.1 Å². The molecule has 2 N–H and O–H groups in total. The molecular formula is C20H14BBrF6N2O2. The van der Waals surface area contributed by atoms with Gasteiger partial charge >= 0.3 is 19.5 Å². The maximum absolute atomic E-state index is 12.2. The van der Waals surface area contributed by atoms with E-state index in [2.05, 4.69) is 38.8 Å². The minimum atomic E-state index is -4.44. The molecule has 0 heterocycles. The van der Waals surface area contributed by atoms with E-state index in [9.17, 15) is 26.3 Å². The molecule has 168 valence electrons. The van der Waals surface area contributed by atoms with Crippen LogP contribution in [0.4, 0.5) is 37.7 Å². The Hall–Kier alpha value is -3.06. The molecule has 0 fully saturated rings. The summed E-state index contributed by atoms with van der Waals surface area (Å²) in [5.41, 5.74) is -0.0593. The molecule has 32 heavy (non-hydrogen) atoms. The Balaban J connectivity index is 0.000000478. The number of allylic oxidation sites excluding steroid dienone is 2. The summed E-state index contributed by atoms with van der Waals surface area (Å²) in [5.74, 6) is 0. The summed E-state index contributed by atoms with van der Waals surface area (Å²) < 4.78 is 68.7. The molecule has 0 unspecified atom stereocenters. The monoisotopic (exact) mass is 518 g/mol. The van der Waals surface area contributed by atoms with Crippen molar-refractivity contribution < 1.29 is 36.4 Å². The van der Waals surface area contributed by atoms with Crippen molar-refractivity contribution in [2.75, 3.05) is 0 Å². The van der Waals surface area contributed by atoms with Gasteiger partial charge in [-0.2, -0.15) is 26.3 Å². The van der Waals surface area contributed by atoms with Crippen molar-refractivity contribution in [3.63, 3.8) is 0 Å². The molecule has 0 saturated heterocycles. The summed E-state index contributed by atoms with van der Waals surface area (Å²) in [6, 6.07) is 11.5. The van der Waals surface area contributed by atoms with E-state index < -0.39 is 29.5 Å². The number of hydrogen-bond donors (Lipinski definition) is 2. The Bertz CT molecular complexity index is 1020. The molecule has 0 aliphatic rings. The van der Waals surface area contributed by atoms with E-state index in [0.29, 0.717) is 11.2 Å². The van der Waals surface area contributed by atoms with Crippen molar-refractivity contribution in [2.45, 2.75) is 12.4 Å². The summed E-state index contributed by atoms with van der Waals surface area (Å²) >= 11 is 2.18. The smallest absolute Gasteiger partial charge is 0.423 e. The molecule has 0 amide bonds. The highest BCUT2D eigenvalue weighted by Crippen LogP contribution is 2.33. The van der Waals surface area contributed by atoms with Gasteiger partial charge in [0, 0.05) is 0 Å². The maximum atomic E-state index is 12.2. The Labute approximate surface area is 189 Å². The third-order valence-electron chi connectivity index (χ3n) is 3.27. The van der Waals surface area contributed by atoms with Crippen LogP contribution in [0.2, 0.25) is 0 Å². The number of nitrogens with zero attached hydrogens (tertiary/aromatic N) is 2. The highest BCUT2D eigenvalue weighted by Gasteiger charge is 2.32. The van der Waals surface area contributed by atoms with Gasteiger partial charge in [0.15, 0.2) is 11.4 Å². The quantitative estimate of drug-likeness (QED) is 0.283. The Morgan fingerprint density at radius 1 is 0.844 bits per heavy atom. The normalized spacial score (nSPS) is 10.2. The zero-order valence-corrected chi connectivity index (χ0v) is 17.6. The van der Waals surface area contributed by atoms with Crippen LogP contribution in [0.5, 0.6) is 0 Å². The topological polar surface area (TPSA) is 49.2 Å². The summed E-state index contributed by atoms with van der Waals surface area (Å²) in [5, 5.41) is 17.4. The zero-order valence-electron chi connectivity index (χ0n) is 16.0. The third-order valence-corrected chi connectivity index (χ3v) is 3.72. The van der Waals surface area contributed by atoms with Crippen LogP contribution in [-0.2, 0) is 0 Å². The number of alkyl halides is 6. The van der Waals surface area contributed by atoms with Crippen LogP contribution in [0.3, 0.4) is 0 Å². The van der Waals surface area contributed by atoms with E-state index in [1.54, 1.807) is 18.2 Å². The van der Waals surface area contributed by atoms with Crippen LogP contribution >= 0.6 is 15.9 Å². The Kier molecular flexibility index (Phi) is 11.5. The minimum Gasteiger partial charge on any atom is -0.423 e. The maximum Gasteiger partial charge on any atom is 0.487 e. The first-order valence-electron chi connectivity index (χ1n) is 8.12. The molecular weight excluding hydrogens is 505 g/mol. The van der Waals surface area contributed by atoms with Crippen LogP contribution in [0.1, 0.15) is 5.56 Å². The SMILES string of the molecule is C=C(Br)C(F)(F)F.[C-]#[N+]c1cccc(B(O)O)c1.[C-]#[N+]c1cccc(C(=C)C(F)(F)F)c1. The van der Waals surface area contributed by atoms with E-state index in [1.807, 2.05) is 0 Å². The van der Waals surface area contributed by atoms with Crippen molar-refractivity contribution in [3.05, 3.63) is 94.6 Å². The summed E-state index contributed by atoms with van der Waals surface area (Å²) in [7, 11) is -1.49. The number of rotatable bonds is 2. The minimum absolute atomic E-state index is 0.0639. The van der Waals surface area contributed by atoms with Gasteiger partial charge in [0.2, 0.25) is 0 Å². The van der Waals surface area contributed by atoms with Crippen LogP contribution in [-0.4, -0.2) is 29.5 Å². The Morgan fingerprint density at radius 2 is 1.28 bits per heavy atom. The van der Waals surface area contributed by atoms with Gasteiger partial charge in [-0.25, -0.2) is 9.69 Å². The molecule has 0 aliphatic carbocycles. The molecule has 2 aromatic rings. The van der Waals surface area contributed by atoms with E-state index in [-0.39, 0.29) is 11.3 Å². The van der Waals surface area contributed by atoms with E-state index >= 15 is 0 Å². The van der Waals surface area contributed by atoms with Crippen molar-refractivity contribution >= 4 is 45.5 Å². The molecule has 2 aromatic carbocycles. The second-order valence-electron chi connectivity index (χ2n) is 5.62. The lowest BCUT2D eigenvalue weighted by atomic mass is 9.80. The molecule has 0 bridgehead atoms. The lowest BCUT2D eigenvalue weighted by molar-refractivity contribution is -0.0825. The molecule has 0 atom stereocenters. The van der Waals surface area contributed by atoms with Gasteiger partial charge in [-0.3, -0.25) is 0 Å². The van der Waals surface area contributed by atoms with Crippen LogP contribution in [0.15, 0.2) is 66.2 Å². The van der Waals surface area contributed by atoms with Crippen molar-refractivity contribution in [1.29, 1.82) is 0 Å². The van der Waals surface area contributed by atoms with Crippen molar-refractivity contribution in [2.24, 2.45) is 0 Å². The second kappa shape index (κ2) is 12.7. The molecule has 4 nitrogen and oxygen atoms in total. The standard InChI is InChI=1S/C10H6F3N.C7H6BNO2.C3H2BrF3/c1-7(10(11,12)13)8-4-3-5-9(6-8)14-2;1-9-7-4-2-3-6(5-7)8(10)11;1-2(4)3(5,6)7/h3-6H,1H2;2-5,10-11H;1H2. The van der Waals surface area contributed by atoms with Crippen LogP contribution < -0.4 is 5.46 Å². The molecule has 0 aromatic heterocycles. The van der Waals surface area contributed by atoms with Crippen LogP contribution in [0.25, 0.3) is 15.3 Å². The van der Waals surface area contributed by atoms with Gasteiger partial charge in [-0.05, 0) is 33.0 Å². The second-order valence-corrected chi connectivity index (χ2v) is 6.58. The largest absolute Gasteiger partial charge is 0.487 e. The van der Waals surface area contributed by atoms with Gasteiger partial charge in [-0.1, -0.05) is 55.6 Å². The van der Waals surface area contributed by atoms with E-state index in [1.165, 1.54) is 30.3 Å². The average Bonchev–Trinajstić information content (AvgIpc) is 2.72. The van der Waals surface area contributed by atoms with Gasteiger partial charge in [0.1, 0.15) is 0 Å². The number of hydrogen-bond acceptors (Lipinski definition) is 2. The lowest BCUT2D eigenvalue weighted by Gasteiger charge is -2.09. The summed E-state index contributed by atoms with van der Waals surface area (Å²) in [6.07, 6.45) is -8.72. The first-order valence-corrected chi connectivity index (χ1v) is 8.92. The fourth-order valence-electron chi connectivity index (χ4n) is 1.68. The molecule has 12 heteroatoms. The first-order chi connectivity index (χ1) is 14.6. The lowest BCUT2D eigenvalue weighted by Crippen LogP contribution is -2.29. The molecule has 2 rings (SSSR count). The third kappa shape index (κ3) is 10.8. The molecule has 0 spiro atoms. The van der Waals surface area contributed by atoms with Crippen molar-refractivity contribution in [3.8, 4) is 0 Å². The van der Waals surface area contributed by atoms with Gasteiger partial charge in [0.05, 0.1) is 23.2 Å². The predicted molar refractivity (Wildman–Crippen MR) is 114 cm³/mol. The fourth-order valence-corrected chi connectivity index (χ4v) is 1.68. The molecule has 0 saturated carbocycles. The van der Waals surface area contributed by atoms with E-state index in [0.717, 1.165) is 0 Å². The van der Waals surface area contributed by atoms with Gasteiger partial charge in [0.25, 0.3) is 0 Å². The first kappa shape index (κ1) is 28.9. The van der Waals surface area contributed by atoms with E-state index in [4.69, 9.17) is 23.2 Å². The van der Waals surface area contributed by atoms with Crippen molar-refractivity contribution in [1.82, 2.24) is 0 Å². The summed E-state index contributed by atoms with van der Waals surface area (Å²) in [6.45, 7) is 18.9. The average molecular weight is 519 g/mol. The zero-order chi connectivity index (χ0) is 25.1. The number of halogens is 7. The Morgan fingerprint density at radius 3 is 1.66 bits per heavy atom. The molecule has 0 radical (unpaired) electrons. The van der Waals surface area contributed by atoms with Gasteiger partial charge < -0.3 is 10.0 Å². The highest BCUT2D eigenvalue weighted by molar-refractivity contribution is 9.11. The van der Waals surface area contributed by atoms with Gasteiger partial charge in [-0.15, -0.1) is 0 Å². The summed E-state index contributed by atoms with van der Waals surface area (Å²) in [4.78, 5) is 6.18. The number of benzene rings is 2. The highest BCUT2D eigenvalue weighted by atomic mass is 79.9. The predicted octanol–water partition coefficient (Wildman–Crippen LogP) is 6.19. The fraction of sp³-hybridized carbons (Fsp3) is 0.100.